The fourth-order valence-electron chi connectivity index (χ4n) is 3.04. The summed E-state index contributed by atoms with van der Waals surface area (Å²) in [7, 11) is 0. The minimum atomic E-state index is -0.701. The van der Waals surface area contributed by atoms with Crippen molar-refractivity contribution in [1.82, 2.24) is 10.2 Å². The molecule has 1 rings (SSSR count). The number of rotatable bonds is 6. The van der Waals surface area contributed by atoms with Crippen molar-refractivity contribution in [1.29, 1.82) is 0 Å². The number of hydrogen-bond acceptors (Lipinski definition) is 2. The van der Waals surface area contributed by atoms with E-state index >= 15 is 0 Å². The molecule has 0 spiro atoms. The molecule has 1 atom stereocenters. The Balaban J connectivity index is 3.06. The Morgan fingerprint density at radius 2 is 1.75 bits per heavy atom. The van der Waals surface area contributed by atoms with Crippen LogP contribution in [0.3, 0.4) is 0 Å². The summed E-state index contributed by atoms with van der Waals surface area (Å²) in [5.41, 5.74) is -0.701. The highest BCUT2D eigenvalue weighted by atomic mass is 16.2. The van der Waals surface area contributed by atoms with E-state index in [-0.39, 0.29) is 17.9 Å². The summed E-state index contributed by atoms with van der Waals surface area (Å²) in [6.07, 6.45) is 3.85. The molecular weight excluding hydrogens is 252 g/mol. The second kappa shape index (κ2) is 7.09. The molecule has 1 aliphatic heterocycles. The van der Waals surface area contributed by atoms with Crippen molar-refractivity contribution in [2.45, 2.75) is 78.3 Å². The second-order valence-corrected chi connectivity index (χ2v) is 6.03. The van der Waals surface area contributed by atoms with Gasteiger partial charge in [0.05, 0.1) is 0 Å². The van der Waals surface area contributed by atoms with Gasteiger partial charge >= 0.3 is 0 Å². The first kappa shape index (κ1) is 17.0. The van der Waals surface area contributed by atoms with Crippen molar-refractivity contribution in [2.24, 2.45) is 5.92 Å². The lowest BCUT2D eigenvalue weighted by molar-refractivity contribution is -0.141. The molecule has 1 fully saturated rings. The highest BCUT2D eigenvalue weighted by Crippen LogP contribution is 2.26. The largest absolute Gasteiger partial charge is 0.342 e. The van der Waals surface area contributed by atoms with Gasteiger partial charge in [-0.1, -0.05) is 40.5 Å². The zero-order chi connectivity index (χ0) is 15.3. The molecule has 1 saturated heterocycles. The van der Waals surface area contributed by atoms with Crippen LogP contribution >= 0.6 is 0 Å². The quantitative estimate of drug-likeness (QED) is 0.814. The van der Waals surface area contributed by atoms with Crippen LogP contribution in [0.25, 0.3) is 0 Å². The molecular formula is C16H30N2O2. The van der Waals surface area contributed by atoms with Crippen LogP contribution in [0.5, 0.6) is 0 Å². The van der Waals surface area contributed by atoms with E-state index in [4.69, 9.17) is 0 Å². The Bertz CT molecular complexity index is 346. The van der Waals surface area contributed by atoms with Crippen molar-refractivity contribution < 1.29 is 9.59 Å². The molecule has 1 unspecified atom stereocenters. The molecule has 1 N–H and O–H groups in total. The first-order valence-electron chi connectivity index (χ1n) is 8.06. The van der Waals surface area contributed by atoms with Gasteiger partial charge in [-0.15, -0.1) is 0 Å². The fourth-order valence-corrected chi connectivity index (χ4v) is 3.04. The van der Waals surface area contributed by atoms with Crippen molar-refractivity contribution in [3.05, 3.63) is 0 Å². The fraction of sp³-hybridized carbons (Fsp3) is 0.875. The zero-order valence-corrected chi connectivity index (χ0v) is 13.7. The maximum atomic E-state index is 13.0. The van der Waals surface area contributed by atoms with Gasteiger partial charge in [-0.3, -0.25) is 9.59 Å². The summed E-state index contributed by atoms with van der Waals surface area (Å²) in [4.78, 5) is 27.0. The van der Waals surface area contributed by atoms with Crippen LogP contribution in [-0.4, -0.2) is 34.8 Å². The van der Waals surface area contributed by atoms with E-state index in [0.29, 0.717) is 25.2 Å². The summed E-state index contributed by atoms with van der Waals surface area (Å²) in [6, 6.07) is -0.0110. The number of carbonyl (C=O) groups is 2. The summed E-state index contributed by atoms with van der Waals surface area (Å²) in [5, 5.41) is 2.98. The van der Waals surface area contributed by atoms with Crippen LogP contribution in [-0.2, 0) is 9.59 Å². The van der Waals surface area contributed by atoms with E-state index in [9.17, 15) is 9.59 Å². The Hall–Kier alpha value is -1.06. The van der Waals surface area contributed by atoms with Gasteiger partial charge in [-0.2, -0.15) is 0 Å². The molecule has 0 bridgehead atoms. The molecule has 0 aromatic rings. The zero-order valence-electron chi connectivity index (χ0n) is 13.7. The number of amides is 2. The Kier molecular flexibility index (Phi) is 6.03. The van der Waals surface area contributed by atoms with E-state index < -0.39 is 5.54 Å². The number of carbonyl (C=O) groups excluding carboxylic acids is 2. The second-order valence-electron chi connectivity index (χ2n) is 6.03. The third-order valence-corrected chi connectivity index (χ3v) is 4.88. The molecule has 2 amide bonds. The summed E-state index contributed by atoms with van der Waals surface area (Å²) in [6.45, 7) is 11.0. The minimum Gasteiger partial charge on any atom is -0.342 e. The lowest BCUT2D eigenvalue weighted by atomic mass is 9.90. The Morgan fingerprint density at radius 3 is 2.20 bits per heavy atom. The van der Waals surface area contributed by atoms with Crippen molar-refractivity contribution in [3.63, 3.8) is 0 Å². The molecule has 1 aliphatic rings. The SMILES string of the molecule is CCC(CC)CN1C(=O)C(CC)(CC)NC(=O)CC1C. The Morgan fingerprint density at radius 1 is 1.20 bits per heavy atom. The summed E-state index contributed by atoms with van der Waals surface area (Å²) < 4.78 is 0. The van der Waals surface area contributed by atoms with Gasteiger partial charge in [-0.25, -0.2) is 0 Å². The molecule has 0 saturated carbocycles. The maximum absolute atomic E-state index is 13.0. The van der Waals surface area contributed by atoms with Crippen molar-refractivity contribution in [3.8, 4) is 0 Å². The Labute approximate surface area is 123 Å². The maximum Gasteiger partial charge on any atom is 0.248 e. The third kappa shape index (κ3) is 3.33. The summed E-state index contributed by atoms with van der Waals surface area (Å²) >= 11 is 0. The van der Waals surface area contributed by atoms with Crippen LogP contribution in [0, 0.1) is 5.92 Å². The molecule has 4 nitrogen and oxygen atoms in total. The van der Waals surface area contributed by atoms with Gasteiger partial charge in [0.15, 0.2) is 0 Å². The average molecular weight is 282 g/mol. The predicted octanol–water partition coefficient (Wildman–Crippen LogP) is 2.72. The van der Waals surface area contributed by atoms with Gasteiger partial charge in [0.1, 0.15) is 5.54 Å². The van der Waals surface area contributed by atoms with E-state index in [1.54, 1.807) is 0 Å². The van der Waals surface area contributed by atoms with Gasteiger partial charge in [0.25, 0.3) is 0 Å². The molecule has 0 aliphatic carbocycles. The standard InChI is InChI=1S/C16H30N2O2/c1-6-13(7-2)11-18-12(5)10-14(19)17-16(8-3,9-4)15(18)20/h12-13H,6-11H2,1-5H3,(H,17,19). The van der Waals surface area contributed by atoms with Gasteiger partial charge in [0, 0.05) is 19.0 Å². The molecule has 0 radical (unpaired) electrons. The minimum absolute atomic E-state index is 0.00148. The lowest BCUT2D eigenvalue weighted by Crippen LogP contribution is -2.57. The van der Waals surface area contributed by atoms with Crippen LogP contribution in [0.2, 0.25) is 0 Å². The highest BCUT2D eigenvalue weighted by Gasteiger charge is 2.44. The molecule has 1 heterocycles. The molecule has 20 heavy (non-hydrogen) atoms. The smallest absolute Gasteiger partial charge is 0.248 e. The number of nitrogens with zero attached hydrogens (tertiary/aromatic N) is 1. The van der Waals surface area contributed by atoms with Crippen molar-refractivity contribution >= 4 is 11.8 Å². The van der Waals surface area contributed by atoms with Crippen LogP contribution in [0.15, 0.2) is 0 Å². The first-order chi connectivity index (χ1) is 9.43. The van der Waals surface area contributed by atoms with Gasteiger partial charge in [0.2, 0.25) is 11.8 Å². The van der Waals surface area contributed by atoms with Gasteiger partial charge in [-0.05, 0) is 25.7 Å². The average Bonchev–Trinajstić information content (AvgIpc) is 2.53. The topological polar surface area (TPSA) is 49.4 Å². The van der Waals surface area contributed by atoms with E-state index in [2.05, 4.69) is 19.2 Å². The molecule has 0 aromatic heterocycles. The molecule has 4 heteroatoms. The number of nitrogens with one attached hydrogen (secondary N) is 1. The molecule has 0 aromatic carbocycles. The monoisotopic (exact) mass is 282 g/mol. The van der Waals surface area contributed by atoms with Crippen LogP contribution < -0.4 is 5.32 Å². The lowest BCUT2D eigenvalue weighted by Gasteiger charge is -2.37. The van der Waals surface area contributed by atoms with Crippen LogP contribution in [0.4, 0.5) is 0 Å². The van der Waals surface area contributed by atoms with Crippen molar-refractivity contribution in [2.75, 3.05) is 6.54 Å². The highest BCUT2D eigenvalue weighted by molar-refractivity contribution is 5.94. The third-order valence-electron chi connectivity index (χ3n) is 4.88. The predicted molar refractivity (Wildman–Crippen MR) is 81.3 cm³/mol. The van der Waals surface area contributed by atoms with E-state index in [1.807, 2.05) is 25.7 Å². The van der Waals surface area contributed by atoms with Crippen LogP contribution in [0.1, 0.15) is 66.7 Å². The first-order valence-corrected chi connectivity index (χ1v) is 8.06. The normalized spacial score (nSPS) is 22.9. The number of hydrogen-bond donors (Lipinski definition) is 1. The summed E-state index contributed by atoms with van der Waals surface area (Å²) in [5.74, 6) is 0.621. The van der Waals surface area contributed by atoms with Gasteiger partial charge < -0.3 is 10.2 Å². The molecule has 116 valence electrons. The van der Waals surface area contributed by atoms with E-state index in [1.165, 1.54) is 0 Å². The van der Waals surface area contributed by atoms with E-state index in [0.717, 1.165) is 19.4 Å².